The molecule has 10 heteroatoms. The van der Waals surface area contributed by atoms with Gasteiger partial charge in [-0.2, -0.15) is 0 Å². The first-order chi connectivity index (χ1) is 31.3. The van der Waals surface area contributed by atoms with Gasteiger partial charge in [-0.3, -0.25) is 20.2 Å². The van der Waals surface area contributed by atoms with Crippen molar-refractivity contribution in [3.05, 3.63) is 212 Å². The molecule has 2 fully saturated rings. The van der Waals surface area contributed by atoms with E-state index in [2.05, 4.69) is 83.4 Å². The Kier molecular flexibility index (Phi) is 13.6. The van der Waals surface area contributed by atoms with E-state index in [1.165, 1.54) is 22.3 Å². The molecule has 0 bridgehead atoms. The molecule has 4 aliphatic heterocycles. The van der Waals surface area contributed by atoms with E-state index in [0.29, 0.717) is 49.4 Å². The molecule has 2 spiro atoms. The van der Waals surface area contributed by atoms with E-state index in [1.54, 1.807) is 0 Å². The van der Waals surface area contributed by atoms with Crippen LogP contribution in [0.25, 0.3) is 0 Å². The molecule has 0 saturated carbocycles. The average molecular weight is 894 g/mol. The van der Waals surface area contributed by atoms with Crippen molar-refractivity contribution in [3.63, 3.8) is 0 Å². The minimum absolute atomic E-state index is 0.0707. The lowest BCUT2D eigenvalue weighted by Gasteiger charge is -2.39. The van der Waals surface area contributed by atoms with Gasteiger partial charge in [0, 0.05) is 36.2 Å². The average Bonchev–Trinajstić information content (AvgIpc) is 3.89. The molecule has 0 aromatic heterocycles. The number of piperidine rings is 2. The standard InChI is InChI=1S/2C27H27ClN2O2/c2*28-23-12-10-21(11-13-23)26(20-6-2-1-3-7-20)29-18-25(31)30-16-14-27(15-17-30)24-9-5-4-8-22(24)19-32-27/h2*1-13,26,29H,14-19H2/t2*26-/m10/s1. The molecule has 8 nitrogen and oxygen atoms in total. The fourth-order valence-electron chi connectivity index (χ4n) is 9.89. The number of hydrogen-bond acceptors (Lipinski definition) is 6. The molecular formula is C54H54Cl2N4O4. The summed E-state index contributed by atoms with van der Waals surface area (Å²) in [4.78, 5) is 30.1. The van der Waals surface area contributed by atoms with Crippen molar-refractivity contribution in [1.29, 1.82) is 0 Å². The van der Waals surface area contributed by atoms with E-state index in [1.807, 2.05) is 94.7 Å². The number of carbonyl (C=O) groups is 2. The van der Waals surface area contributed by atoms with Gasteiger partial charge in [0.15, 0.2) is 0 Å². The maximum Gasteiger partial charge on any atom is 0.236 e. The minimum atomic E-state index is -0.226. The third-order valence-electron chi connectivity index (χ3n) is 13.5. The van der Waals surface area contributed by atoms with Gasteiger partial charge in [0.05, 0.1) is 49.6 Å². The van der Waals surface area contributed by atoms with Gasteiger partial charge in [0.2, 0.25) is 11.8 Å². The molecular weight excluding hydrogens is 840 g/mol. The van der Waals surface area contributed by atoms with Gasteiger partial charge >= 0.3 is 0 Å². The number of ether oxygens (including phenoxy) is 2. The van der Waals surface area contributed by atoms with Crippen LogP contribution in [0, 0.1) is 0 Å². The molecule has 6 aromatic rings. The summed E-state index contributed by atoms with van der Waals surface area (Å²) in [5.74, 6) is 0.252. The van der Waals surface area contributed by atoms with Crippen molar-refractivity contribution in [1.82, 2.24) is 20.4 Å². The highest BCUT2D eigenvalue weighted by Crippen LogP contribution is 2.45. The summed E-state index contributed by atoms with van der Waals surface area (Å²) in [7, 11) is 0. The lowest BCUT2D eigenvalue weighted by Crippen LogP contribution is -2.48. The molecule has 64 heavy (non-hydrogen) atoms. The summed E-state index contributed by atoms with van der Waals surface area (Å²) >= 11 is 12.2. The number of rotatable bonds is 10. The number of fused-ring (bicyclic) bond motifs is 4. The van der Waals surface area contributed by atoms with Crippen LogP contribution in [-0.2, 0) is 43.5 Å². The van der Waals surface area contributed by atoms with Crippen molar-refractivity contribution in [2.75, 3.05) is 39.3 Å². The lowest BCUT2D eigenvalue weighted by atomic mass is 9.84. The second-order valence-electron chi connectivity index (χ2n) is 17.2. The van der Waals surface area contributed by atoms with Gasteiger partial charge in [-0.05, 0) is 94.5 Å². The Hall–Kier alpha value is -5.32. The predicted octanol–water partition coefficient (Wildman–Crippen LogP) is 10.1. The Morgan fingerprint density at radius 1 is 0.469 bits per heavy atom. The number of nitrogens with one attached hydrogen (secondary N) is 2. The van der Waals surface area contributed by atoms with Gasteiger partial charge in [-0.25, -0.2) is 0 Å². The minimum Gasteiger partial charge on any atom is -0.365 e. The summed E-state index contributed by atoms with van der Waals surface area (Å²) in [6.07, 6.45) is 3.37. The number of halogens is 2. The molecule has 4 heterocycles. The number of hydrogen-bond donors (Lipinski definition) is 2. The number of amides is 2. The van der Waals surface area contributed by atoms with Crippen molar-refractivity contribution in [3.8, 4) is 0 Å². The molecule has 0 radical (unpaired) electrons. The molecule has 2 atom stereocenters. The highest BCUT2D eigenvalue weighted by Gasteiger charge is 2.44. The maximum atomic E-state index is 13.1. The zero-order chi connectivity index (χ0) is 43.9. The van der Waals surface area contributed by atoms with Crippen LogP contribution in [-0.4, -0.2) is 60.9 Å². The predicted molar refractivity (Wildman–Crippen MR) is 253 cm³/mol. The van der Waals surface area contributed by atoms with Gasteiger partial charge in [-0.1, -0.05) is 157 Å². The van der Waals surface area contributed by atoms with E-state index in [0.717, 1.165) is 47.9 Å². The van der Waals surface area contributed by atoms with E-state index in [-0.39, 0.29) is 48.2 Å². The molecule has 10 rings (SSSR count). The molecule has 2 amide bonds. The summed E-state index contributed by atoms with van der Waals surface area (Å²) < 4.78 is 12.5. The third-order valence-corrected chi connectivity index (χ3v) is 14.0. The van der Waals surface area contributed by atoms with Crippen LogP contribution >= 0.6 is 23.2 Å². The number of nitrogens with zero attached hydrogens (tertiary/aromatic N) is 2. The van der Waals surface area contributed by atoms with E-state index in [4.69, 9.17) is 32.7 Å². The van der Waals surface area contributed by atoms with Crippen LogP contribution in [0.1, 0.15) is 82.3 Å². The van der Waals surface area contributed by atoms with Crippen LogP contribution in [0.15, 0.2) is 158 Å². The summed E-state index contributed by atoms with van der Waals surface area (Å²) in [5.41, 5.74) is 9.13. The molecule has 328 valence electrons. The van der Waals surface area contributed by atoms with Crippen LogP contribution in [0.4, 0.5) is 0 Å². The zero-order valence-electron chi connectivity index (χ0n) is 35.9. The van der Waals surface area contributed by atoms with Crippen LogP contribution < -0.4 is 10.6 Å². The molecule has 0 unspecified atom stereocenters. The zero-order valence-corrected chi connectivity index (χ0v) is 37.4. The Morgan fingerprint density at radius 3 is 1.17 bits per heavy atom. The largest absolute Gasteiger partial charge is 0.365 e. The monoisotopic (exact) mass is 892 g/mol. The second-order valence-corrected chi connectivity index (χ2v) is 18.1. The van der Waals surface area contributed by atoms with E-state index >= 15 is 0 Å². The summed E-state index contributed by atoms with van der Waals surface area (Å²) in [6.45, 7) is 4.77. The lowest BCUT2D eigenvalue weighted by molar-refractivity contribution is -0.138. The van der Waals surface area contributed by atoms with Crippen LogP contribution in [0.3, 0.4) is 0 Å². The molecule has 4 aliphatic rings. The number of benzene rings is 6. The normalized spacial score (nSPS) is 17.8. The fourth-order valence-corrected chi connectivity index (χ4v) is 10.1. The van der Waals surface area contributed by atoms with Crippen LogP contribution in [0.5, 0.6) is 0 Å². The Morgan fingerprint density at radius 2 is 0.797 bits per heavy atom. The fraction of sp³-hybridized carbons (Fsp3) is 0.296. The Labute approximate surface area is 386 Å². The van der Waals surface area contributed by atoms with Crippen molar-refractivity contribution >= 4 is 35.0 Å². The van der Waals surface area contributed by atoms with Crippen molar-refractivity contribution in [2.45, 2.75) is 62.2 Å². The Bertz CT molecular complexity index is 2330. The molecule has 0 aliphatic carbocycles. The quantitative estimate of drug-likeness (QED) is 0.143. The molecule has 2 N–H and O–H groups in total. The summed E-state index contributed by atoms with van der Waals surface area (Å²) in [6, 6.07) is 52.8. The number of likely N-dealkylation sites (tertiary alicyclic amines) is 2. The second kappa shape index (κ2) is 19.8. The SMILES string of the molecule is O=C(CN[C@@H](c1ccccc1)c1ccc(Cl)cc1)N1CCC2(CC1)OCc1ccccc12.O=C(CN[C@H](c1ccccc1)c1ccc(Cl)cc1)N1CCC2(CC1)OCc1ccccc12. The first-order valence-electron chi connectivity index (χ1n) is 22.4. The first kappa shape index (κ1) is 43.9. The van der Waals surface area contributed by atoms with Gasteiger partial charge in [0.1, 0.15) is 0 Å². The van der Waals surface area contributed by atoms with Crippen LogP contribution in [0.2, 0.25) is 10.0 Å². The topological polar surface area (TPSA) is 83.1 Å². The number of carbonyl (C=O) groups excluding carboxylic acids is 2. The first-order valence-corrected chi connectivity index (χ1v) is 23.1. The smallest absolute Gasteiger partial charge is 0.236 e. The molecule has 6 aromatic carbocycles. The highest BCUT2D eigenvalue weighted by atomic mass is 35.5. The van der Waals surface area contributed by atoms with E-state index in [9.17, 15) is 9.59 Å². The van der Waals surface area contributed by atoms with Crippen molar-refractivity contribution < 1.29 is 19.1 Å². The van der Waals surface area contributed by atoms with Gasteiger partial charge in [-0.15, -0.1) is 0 Å². The van der Waals surface area contributed by atoms with Gasteiger partial charge < -0.3 is 19.3 Å². The van der Waals surface area contributed by atoms with Gasteiger partial charge in [0.25, 0.3) is 0 Å². The third kappa shape index (κ3) is 9.69. The maximum absolute atomic E-state index is 13.1. The Balaban J connectivity index is 0.000000162. The highest BCUT2D eigenvalue weighted by molar-refractivity contribution is 6.30. The van der Waals surface area contributed by atoms with E-state index < -0.39 is 0 Å². The summed E-state index contributed by atoms with van der Waals surface area (Å²) in [5, 5.41) is 8.37. The van der Waals surface area contributed by atoms with Crippen molar-refractivity contribution in [2.24, 2.45) is 0 Å². The molecule has 2 saturated heterocycles.